The number of alkyl halides is 2. The standard InChI is InChI=1S/C16H23Cl2N7O.ClH/c1-3-26-15-9-13(10-20-22-16-23-21-11-25(16)19)12(2)8-14(15)24(6-4-17)7-5-18;/h8-11H,3-7,19H2,1-2H3,(H,22,23);1H/b20-10-;. The van der Waals surface area contributed by atoms with Gasteiger partial charge in [0.1, 0.15) is 12.1 Å². The number of nitrogens with one attached hydrogen (secondary N) is 1. The van der Waals surface area contributed by atoms with Crippen molar-refractivity contribution in [3.63, 3.8) is 0 Å². The van der Waals surface area contributed by atoms with E-state index in [0.29, 0.717) is 37.4 Å². The Balaban J connectivity index is 0.00000364. The third-order valence-corrected chi connectivity index (χ3v) is 3.98. The van der Waals surface area contributed by atoms with Gasteiger partial charge in [-0.05, 0) is 31.5 Å². The van der Waals surface area contributed by atoms with Crippen molar-refractivity contribution >= 4 is 53.5 Å². The Labute approximate surface area is 175 Å². The molecule has 0 aliphatic carbocycles. The molecule has 1 aromatic heterocycles. The molecule has 150 valence electrons. The Morgan fingerprint density at radius 3 is 2.59 bits per heavy atom. The van der Waals surface area contributed by atoms with Crippen LogP contribution < -0.4 is 20.9 Å². The van der Waals surface area contributed by atoms with Crippen LogP contribution in [0.3, 0.4) is 0 Å². The molecule has 3 N–H and O–H groups in total. The molecular formula is C16H24Cl3N7O. The first-order chi connectivity index (χ1) is 12.6. The minimum atomic E-state index is 0. The van der Waals surface area contributed by atoms with E-state index in [1.807, 2.05) is 19.9 Å². The van der Waals surface area contributed by atoms with Gasteiger partial charge < -0.3 is 15.5 Å². The van der Waals surface area contributed by atoms with Crippen LogP contribution in [0, 0.1) is 6.92 Å². The van der Waals surface area contributed by atoms with Crippen molar-refractivity contribution < 1.29 is 4.74 Å². The summed E-state index contributed by atoms with van der Waals surface area (Å²) in [5.74, 6) is 7.75. The third kappa shape index (κ3) is 6.34. The van der Waals surface area contributed by atoms with E-state index in [-0.39, 0.29) is 12.4 Å². The Kier molecular flexibility index (Phi) is 10.1. The summed E-state index contributed by atoms with van der Waals surface area (Å²) in [5.41, 5.74) is 5.66. The summed E-state index contributed by atoms with van der Waals surface area (Å²) in [5, 5.41) is 11.6. The molecule has 1 heterocycles. The topological polar surface area (TPSA) is 93.6 Å². The van der Waals surface area contributed by atoms with Gasteiger partial charge in [-0.2, -0.15) is 5.10 Å². The summed E-state index contributed by atoms with van der Waals surface area (Å²) in [6, 6.07) is 4.00. The number of aryl methyl sites for hydroxylation is 1. The minimum absolute atomic E-state index is 0. The number of hydrazone groups is 1. The van der Waals surface area contributed by atoms with Gasteiger partial charge in [0.05, 0.1) is 18.5 Å². The molecule has 8 nitrogen and oxygen atoms in total. The molecule has 0 unspecified atom stereocenters. The highest BCUT2D eigenvalue weighted by Crippen LogP contribution is 2.31. The molecule has 0 aliphatic heterocycles. The van der Waals surface area contributed by atoms with Gasteiger partial charge >= 0.3 is 0 Å². The van der Waals surface area contributed by atoms with E-state index < -0.39 is 0 Å². The van der Waals surface area contributed by atoms with Crippen molar-refractivity contribution in [2.45, 2.75) is 13.8 Å². The number of hydrogen-bond acceptors (Lipinski definition) is 7. The summed E-state index contributed by atoms with van der Waals surface area (Å²) >= 11 is 11.9. The molecule has 2 rings (SSSR count). The number of rotatable bonds is 10. The maximum absolute atomic E-state index is 5.93. The van der Waals surface area contributed by atoms with Crippen LogP contribution in [0.25, 0.3) is 0 Å². The lowest BCUT2D eigenvalue weighted by molar-refractivity contribution is 0.340. The van der Waals surface area contributed by atoms with Crippen LogP contribution in [0.15, 0.2) is 23.6 Å². The zero-order valence-electron chi connectivity index (χ0n) is 15.2. The fourth-order valence-corrected chi connectivity index (χ4v) is 2.79. The molecule has 0 fully saturated rings. The Morgan fingerprint density at radius 2 is 2.04 bits per heavy atom. The van der Waals surface area contributed by atoms with Crippen molar-refractivity contribution in [2.24, 2.45) is 5.10 Å². The van der Waals surface area contributed by atoms with E-state index in [2.05, 4.69) is 31.7 Å². The highest BCUT2D eigenvalue weighted by molar-refractivity contribution is 6.18. The largest absolute Gasteiger partial charge is 0.492 e. The molecular weight excluding hydrogens is 413 g/mol. The first-order valence-corrected chi connectivity index (χ1v) is 9.26. The fourth-order valence-electron chi connectivity index (χ4n) is 2.38. The monoisotopic (exact) mass is 435 g/mol. The van der Waals surface area contributed by atoms with Gasteiger partial charge in [0.25, 0.3) is 5.95 Å². The average molecular weight is 437 g/mol. The summed E-state index contributed by atoms with van der Waals surface area (Å²) in [4.78, 5) is 2.12. The van der Waals surface area contributed by atoms with Gasteiger partial charge in [0, 0.05) is 30.4 Å². The average Bonchev–Trinajstić information content (AvgIpc) is 3.02. The van der Waals surface area contributed by atoms with E-state index in [1.165, 1.54) is 11.0 Å². The van der Waals surface area contributed by atoms with E-state index in [4.69, 9.17) is 33.8 Å². The second-order valence-electron chi connectivity index (χ2n) is 5.41. The van der Waals surface area contributed by atoms with Crippen LogP contribution in [-0.2, 0) is 0 Å². The number of aromatic nitrogens is 3. The van der Waals surface area contributed by atoms with Gasteiger partial charge in [-0.1, -0.05) is 0 Å². The lowest BCUT2D eigenvalue weighted by Crippen LogP contribution is -2.28. The summed E-state index contributed by atoms with van der Waals surface area (Å²) in [6.07, 6.45) is 3.07. The predicted molar refractivity (Wildman–Crippen MR) is 115 cm³/mol. The molecule has 27 heavy (non-hydrogen) atoms. The molecule has 2 aromatic rings. The van der Waals surface area contributed by atoms with Gasteiger partial charge in [-0.15, -0.1) is 45.8 Å². The minimum Gasteiger partial charge on any atom is -0.492 e. The van der Waals surface area contributed by atoms with Crippen LogP contribution in [0.5, 0.6) is 5.75 Å². The predicted octanol–water partition coefficient (Wildman–Crippen LogP) is 2.85. The summed E-state index contributed by atoms with van der Waals surface area (Å²) in [6.45, 7) is 5.88. The maximum atomic E-state index is 5.93. The van der Waals surface area contributed by atoms with Crippen molar-refractivity contribution in [1.29, 1.82) is 0 Å². The van der Waals surface area contributed by atoms with Crippen LogP contribution in [0.1, 0.15) is 18.1 Å². The van der Waals surface area contributed by atoms with E-state index >= 15 is 0 Å². The number of benzene rings is 1. The lowest BCUT2D eigenvalue weighted by atomic mass is 10.1. The van der Waals surface area contributed by atoms with Gasteiger partial charge in [-0.3, -0.25) is 0 Å². The summed E-state index contributed by atoms with van der Waals surface area (Å²) in [7, 11) is 0. The normalized spacial score (nSPS) is 10.7. The number of nitrogens with zero attached hydrogens (tertiary/aromatic N) is 5. The SMILES string of the molecule is CCOc1cc(/C=N\Nc2nncn2N)c(C)cc1N(CCCl)CCCl.Cl. The lowest BCUT2D eigenvalue weighted by Gasteiger charge is -2.26. The van der Waals surface area contributed by atoms with Gasteiger partial charge in [-0.25, -0.2) is 10.1 Å². The zero-order chi connectivity index (χ0) is 18.9. The van der Waals surface area contributed by atoms with E-state index in [1.54, 1.807) is 6.21 Å². The molecule has 0 saturated heterocycles. The van der Waals surface area contributed by atoms with Gasteiger partial charge in [0.2, 0.25) is 0 Å². The number of nitrogen functional groups attached to an aromatic ring is 1. The highest BCUT2D eigenvalue weighted by Gasteiger charge is 2.14. The first kappa shape index (κ1) is 23.1. The highest BCUT2D eigenvalue weighted by atomic mass is 35.5. The van der Waals surface area contributed by atoms with Crippen LogP contribution in [0.4, 0.5) is 11.6 Å². The molecule has 11 heteroatoms. The molecule has 0 amide bonds. The molecule has 0 atom stereocenters. The second kappa shape index (κ2) is 11.7. The number of hydrogen-bond donors (Lipinski definition) is 2. The van der Waals surface area contributed by atoms with Crippen molar-refractivity contribution in [3.05, 3.63) is 29.6 Å². The number of ether oxygens (including phenoxy) is 1. The Hall–Kier alpha value is -1.90. The fraction of sp³-hybridized carbons (Fsp3) is 0.438. The smallest absolute Gasteiger partial charge is 0.263 e. The molecule has 1 aromatic carbocycles. The number of nitrogens with two attached hydrogens (primary N) is 1. The van der Waals surface area contributed by atoms with Crippen molar-refractivity contribution in [1.82, 2.24) is 14.9 Å². The molecule has 0 aliphatic rings. The molecule has 0 saturated carbocycles. The van der Waals surface area contributed by atoms with Crippen LogP contribution in [0.2, 0.25) is 0 Å². The number of anilines is 2. The van der Waals surface area contributed by atoms with Crippen LogP contribution >= 0.6 is 35.6 Å². The quantitative estimate of drug-likeness (QED) is 0.257. The third-order valence-electron chi connectivity index (χ3n) is 3.64. The van der Waals surface area contributed by atoms with Crippen molar-refractivity contribution in [3.8, 4) is 5.75 Å². The molecule has 0 spiro atoms. The van der Waals surface area contributed by atoms with Crippen molar-refractivity contribution in [2.75, 3.05) is 47.6 Å². The maximum Gasteiger partial charge on any atom is 0.263 e. The summed E-state index contributed by atoms with van der Waals surface area (Å²) < 4.78 is 7.07. The zero-order valence-corrected chi connectivity index (χ0v) is 17.6. The van der Waals surface area contributed by atoms with Gasteiger partial charge in [0.15, 0.2) is 0 Å². The number of halogens is 3. The van der Waals surface area contributed by atoms with E-state index in [0.717, 1.165) is 22.6 Å². The Bertz CT molecular complexity index is 733. The van der Waals surface area contributed by atoms with Crippen LogP contribution in [-0.4, -0.2) is 52.5 Å². The molecule has 0 radical (unpaired) electrons. The first-order valence-electron chi connectivity index (χ1n) is 8.19. The second-order valence-corrected chi connectivity index (χ2v) is 6.16. The molecule has 0 bridgehead atoms. The Morgan fingerprint density at radius 1 is 1.33 bits per heavy atom. The van der Waals surface area contributed by atoms with E-state index in [9.17, 15) is 0 Å².